The molecule has 1 aliphatic heterocycles. The first-order valence-corrected chi connectivity index (χ1v) is 9.21. The summed E-state index contributed by atoms with van der Waals surface area (Å²) in [6.07, 6.45) is 5.95. The van der Waals surface area contributed by atoms with Crippen LogP contribution in [0.5, 0.6) is 0 Å². The summed E-state index contributed by atoms with van der Waals surface area (Å²) in [7, 11) is 0. The van der Waals surface area contributed by atoms with Gasteiger partial charge in [0.1, 0.15) is 11.5 Å². The number of nitrogens with one attached hydrogen (secondary N) is 1. The van der Waals surface area contributed by atoms with Crippen molar-refractivity contribution >= 4 is 11.3 Å². The lowest BCUT2D eigenvalue weighted by Gasteiger charge is -2.24. The van der Waals surface area contributed by atoms with Crippen molar-refractivity contribution in [1.82, 2.24) is 24.8 Å². The number of imidazole rings is 1. The van der Waals surface area contributed by atoms with Crippen molar-refractivity contribution in [2.45, 2.75) is 39.3 Å². The molecular formula is C18H21N5S. The lowest BCUT2D eigenvalue weighted by atomic mass is 10.1. The molecule has 24 heavy (non-hydrogen) atoms. The number of aromatic nitrogens is 4. The Labute approximate surface area is 145 Å². The van der Waals surface area contributed by atoms with Crippen LogP contribution in [0.2, 0.25) is 0 Å². The van der Waals surface area contributed by atoms with E-state index >= 15 is 0 Å². The van der Waals surface area contributed by atoms with Crippen molar-refractivity contribution in [2.24, 2.45) is 0 Å². The van der Waals surface area contributed by atoms with Gasteiger partial charge in [-0.3, -0.25) is 4.90 Å². The molecule has 0 bridgehead atoms. The maximum atomic E-state index is 4.74. The summed E-state index contributed by atoms with van der Waals surface area (Å²) in [4.78, 5) is 20.8. The maximum Gasteiger partial charge on any atom is 0.156 e. The van der Waals surface area contributed by atoms with Crippen LogP contribution in [0.25, 0.3) is 11.5 Å². The number of aromatic amines is 1. The number of likely N-dealkylation sites (tertiary alicyclic amines) is 1. The molecule has 1 saturated heterocycles. The average molecular weight is 339 g/mol. The highest BCUT2D eigenvalue weighted by molar-refractivity contribution is 7.10. The average Bonchev–Trinajstić information content (AvgIpc) is 3.30. The molecule has 0 saturated carbocycles. The van der Waals surface area contributed by atoms with E-state index in [1.54, 1.807) is 6.20 Å². The van der Waals surface area contributed by atoms with Crippen molar-refractivity contribution in [3.63, 3.8) is 0 Å². The third-order valence-corrected chi connectivity index (χ3v) is 5.63. The fourth-order valence-corrected chi connectivity index (χ4v) is 4.32. The van der Waals surface area contributed by atoms with E-state index in [1.807, 2.05) is 24.5 Å². The summed E-state index contributed by atoms with van der Waals surface area (Å²) in [5.41, 5.74) is 3.38. The van der Waals surface area contributed by atoms with Gasteiger partial charge in [-0.05, 0) is 56.3 Å². The Bertz CT molecular complexity index is 824. The zero-order chi connectivity index (χ0) is 16.5. The lowest BCUT2D eigenvalue weighted by molar-refractivity contribution is 0.246. The molecule has 6 heteroatoms. The minimum absolute atomic E-state index is 0.363. The van der Waals surface area contributed by atoms with E-state index in [2.05, 4.69) is 44.3 Å². The molecular weight excluding hydrogens is 318 g/mol. The molecule has 0 unspecified atom stereocenters. The smallest absolute Gasteiger partial charge is 0.156 e. The molecule has 0 radical (unpaired) electrons. The lowest BCUT2D eigenvalue weighted by Crippen LogP contribution is -2.23. The normalized spacial score (nSPS) is 18.3. The second kappa shape index (κ2) is 6.45. The first-order chi connectivity index (χ1) is 11.7. The fourth-order valence-electron chi connectivity index (χ4n) is 3.39. The van der Waals surface area contributed by atoms with Crippen LogP contribution in [0.15, 0.2) is 29.9 Å². The second-order valence-electron chi connectivity index (χ2n) is 6.32. The molecule has 5 nitrogen and oxygen atoms in total. The predicted octanol–water partition coefficient (Wildman–Crippen LogP) is 3.88. The summed E-state index contributed by atoms with van der Waals surface area (Å²) < 4.78 is 0. The summed E-state index contributed by atoms with van der Waals surface area (Å²) in [5, 5.41) is 2.18. The Kier molecular flexibility index (Phi) is 4.16. The molecule has 4 rings (SSSR count). The Morgan fingerprint density at radius 1 is 1.33 bits per heavy atom. The fraction of sp³-hybridized carbons (Fsp3) is 0.389. The predicted molar refractivity (Wildman–Crippen MR) is 95.8 cm³/mol. The first kappa shape index (κ1) is 15.5. The van der Waals surface area contributed by atoms with Crippen LogP contribution in [-0.4, -0.2) is 31.4 Å². The molecule has 0 amide bonds. The third-order valence-electron chi connectivity index (χ3n) is 4.62. The molecule has 1 aliphatic rings. The van der Waals surface area contributed by atoms with Gasteiger partial charge in [0.25, 0.3) is 0 Å². The van der Waals surface area contributed by atoms with E-state index in [1.165, 1.54) is 16.9 Å². The molecule has 1 N–H and O–H groups in total. The first-order valence-electron chi connectivity index (χ1n) is 8.33. The highest BCUT2D eigenvalue weighted by Crippen LogP contribution is 2.34. The van der Waals surface area contributed by atoms with Crippen LogP contribution in [0.4, 0.5) is 0 Å². The number of rotatable bonds is 4. The number of nitrogens with zero attached hydrogens (tertiary/aromatic N) is 4. The Morgan fingerprint density at radius 3 is 3.00 bits per heavy atom. The second-order valence-corrected chi connectivity index (χ2v) is 7.32. The van der Waals surface area contributed by atoms with Crippen LogP contribution < -0.4 is 0 Å². The van der Waals surface area contributed by atoms with Crippen LogP contribution >= 0.6 is 11.3 Å². The molecule has 0 aliphatic carbocycles. The minimum atomic E-state index is 0.363. The van der Waals surface area contributed by atoms with Gasteiger partial charge in [-0.25, -0.2) is 15.0 Å². The van der Waals surface area contributed by atoms with Crippen molar-refractivity contribution in [3.05, 3.63) is 51.9 Å². The SMILES string of the molecule is Cc1nc(-c2ncc[nH]2)cc([C@@H]2CCCN2Cc2sccc2C)n1. The van der Waals surface area contributed by atoms with E-state index in [-0.39, 0.29) is 0 Å². The van der Waals surface area contributed by atoms with Gasteiger partial charge in [0.2, 0.25) is 0 Å². The summed E-state index contributed by atoms with van der Waals surface area (Å²) in [6.45, 7) is 6.29. The summed E-state index contributed by atoms with van der Waals surface area (Å²) in [5.74, 6) is 1.61. The number of hydrogen-bond acceptors (Lipinski definition) is 5. The number of hydrogen-bond donors (Lipinski definition) is 1. The molecule has 124 valence electrons. The van der Waals surface area contributed by atoms with Gasteiger partial charge in [-0.15, -0.1) is 11.3 Å². The number of H-pyrrole nitrogens is 1. The number of thiophene rings is 1. The van der Waals surface area contributed by atoms with Crippen LogP contribution in [0, 0.1) is 13.8 Å². The van der Waals surface area contributed by atoms with Crippen LogP contribution in [0.3, 0.4) is 0 Å². The maximum absolute atomic E-state index is 4.74. The molecule has 3 aromatic rings. The van der Waals surface area contributed by atoms with Gasteiger partial charge in [0.15, 0.2) is 5.82 Å². The standard InChI is InChI=1S/C18H21N5S/c1-12-5-9-24-17(12)11-23-8-3-4-16(23)14-10-15(22-13(2)21-14)18-19-6-7-20-18/h5-7,9-10,16H,3-4,8,11H2,1-2H3,(H,19,20)/t16-/m0/s1. The van der Waals surface area contributed by atoms with Crippen molar-refractivity contribution in [3.8, 4) is 11.5 Å². The quantitative estimate of drug-likeness (QED) is 0.783. The Morgan fingerprint density at radius 2 is 2.25 bits per heavy atom. The van der Waals surface area contributed by atoms with Gasteiger partial charge >= 0.3 is 0 Å². The van der Waals surface area contributed by atoms with Gasteiger partial charge < -0.3 is 4.98 Å². The largest absolute Gasteiger partial charge is 0.343 e. The van der Waals surface area contributed by atoms with Crippen LogP contribution in [-0.2, 0) is 6.54 Å². The molecule has 0 aromatic carbocycles. The highest BCUT2D eigenvalue weighted by Gasteiger charge is 2.28. The van der Waals surface area contributed by atoms with E-state index in [4.69, 9.17) is 4.98 Å². The van der Waals surface area contributed by atoms with E-state index in [9.17, 15) is 0 Å². The Balaban J connectivity index is 1.63. The Hall–Kier alpha value is -2.05. The van der Waals surface area contributed by atoms with E-state index in [0.29, 0.717) is 6.04 Å². The molecule has 1 atom stereocenters. The highest BCUT2D eigenvalue weighted by atomic mass is 32.1. The zero-order valence-corrected chi connectivity index (χ0v) is 14.8. The van der Waals surface area contributed by atoms with E-state index in [0.717, 1.165) is 42.5 Å². The van der Waals surface area contributed by atoms with Crippen molar-refractivity contribution in [2.75, 3.05) is 6.54 Å². The van der Waals surface area contributed by atoms with Gasteiger partial charge in [-0.2, -0.15) is 0 Å². The van der Waals surface area contributed by atoms with Gasteiger partial charge in [0, 0.05) is 23.8 Å². The van der Waals surface area contributed by atoms with Crippen molar-refractivity contribution in [1.29, 1.82) is 0 Å². The van der Waals surface area contributed by atoms with E-state index < -0.39 is 0 Å². The van der Waals surface area contributed by atoms with Gasteiger partial charge in [0.05, 0.1) is 11.7 Å². The van der Waals surface area contributed by atoms with Crippen LogP contribution in [0.1, 0.15) is 40.8 Å². The molecule has 1 fully saturated rings. The third kappa shape index (κ3) is 2.99. The summed E-state index contributed by atoms with van der Waals surface area (Å²) >= 11 is 1.85. The molecule has 3 aromatic heterocycles. The zero-order valence-electron chi connectivity index (χ0n) is 14.0. The van der Waals surface area contributed by atoms with Gasteiger partial charge in [-0.1, -0.05) is 0 Å². The van der Waals surface area contributed by atoms with Crippen molar-refractivity contribution < 1.29 is 0 Å². The monoisotopic (exact) mass is 339 g/mol. The molecule has 4 heterocycles. The molecule has 0 spiro atoms. The summed E-state index contributed by atoms with van der Waals surface area (Å²) in [6, 6.07) is 4.66. The topological polar surface area (TPSA) is 57.7 Å². The number of aryl methyl sites for hydroxylation is 2. The minimum Gasteiger partial charge on any atom is -0.343 e.